The lowest BCUT2D eigenvalue weighted by atomic mass is 9.96. The number of hydrogen-bond acceptors (Lipinski definition) is 4. The first-order valence-corrected chi connectivity index (χ1v) is 10.7. The molecule has 1 atom stereocenters. The van der Waals surface area contributed by atoms with Gasteiger partial charge in [0, 0.05) is 42.7 Å². The van der Waals surface area contributed by atoms with Crippen molar-refractivity contribution in [2.45, 2.75) is 11.8 Å². The maximum atomic E-state index is 12.8. The van der Waals surface area contributed by atoms with Gasteiger partial charge in [0.25, 0.3) is 5.91 Å². The van der Waals surface area contributed by atoms with E-state index in [0.717, 1.165) is 42.7 Å². The summed E-state index contributed by atoms with van der Waals surface area (Å²) in [5.74, 6) is 0.648. The summed E-state index contributed by atoms with van der Waals surface area (Å²) in [4.78, 5) is 29.2. The Balaban J connectivity index is 0.00000256. The molecule has 1 amide bonds. The molecule has 1 aliphatic rings. The molecule has 1 saturated heterocycles. The highest BCUT2D eigenvalue weighted by molar-refractivity contribution is 9.09. The van der Waals surface area contributed by atoms with Gasteiger partial charge in [-0.3, -0.25) is 4.79 Å². The van der Waals surface area contributed by atoms with Crippen LogP contribution in [0, 0.1) is 0 Å². The molecule has 30 heavy (non-hydrogen) atoms. The summed E-state index contributed by atoms with van der Waals surface area (Å²) < 4.78 is 5.64. The molecule has 3 aromatic rings. The largest absolute Gasteiger partial charge is 0.426 e. The van der Waals surface area contributed by atoms with Crippen molar-refractivity contribution in [2.24, 2.45) is 0 Å². The van der Waals surface area contributed by atoms with Crippen molar-refractivity contribution >= 4 is 49.6 Å². The maximum absolute atomic E-state index is 12.8. The van der Waals surface area contributed by atoms with Crippen LogP contribution in [-0.2, 0) is 0 Å². The fraction of sp³-hybridized carbons (Fsp3) is 0.304. The first kappa shape index (κ1) is 22.7. The van der Waals surface area contributed by atoms with Gasteiger partial charge in [0.05, 0.1) is 10.2 Å². The van der Waals surface area contributed by atoms with Gasteiger partial charge >= 0.3 is 5.63 Å². The Bertz CT molecular complexity index is 1100. The third kappa shape index (κ3) is 4.38. The molecule has 7 heteroatoms. The summed E-state index contributed by atoms with van der Waals surface area (Å²) in [5.41, 5.74) is 2.13. The van der Waals surface area contributed by atoms with Gasteiger partial charge in [-0.2, -0.15) is 0 Å². The lowest BCUT2D eigenvalue weighted by Gasteiger charge is -2.32. The predicted octanol–water partition coefficient (Wildman–Crippen LogP) is 4.88. The van der Waals surface area contributed by atoms with Gasteiger partial charge < -0.3 is 14.2 Å². The molecule has 1 unspecified atom stereocenters. The van der Waals surface area contributed by atoms with E-state index < -0.39 is 0 Å². The number of carbonyl (C=O) groups excluding carboxylic acids is 1. The normalized spacial score (nSPS) is 15.6. The van der Waals surface area contributed by atoms with Crippen molar-refractivity contribution in [1.29, 1.82) is 0 Å². The van der Waals surface area contributed by atoms with Crippen molar-refractivity contribution in [2.75, 3.05) is 33.2 Å². The fourth-order valence-corrected chi connectivity index (χ4v) is 4.09. The van der Waals surface area contributed by atoms with Crippen LogP contribution in [-0.4, -0.2) is 48.9 Å². The highest BCUT2D eigenvalue weighted by Crippen LogP contribution is 2.36. The number of fused-ring (bicyclic) bond motifs is 1. The minimum atomic E-state index is -0.340. The van der Waals surface area contributed by atoms with Crippen LogP contribution in [0.1, 0.15) is 27.9 Å². The predicted molar refractivity (Wildman–Crippen MR) is 129 cm³/mol. The van der Waals surface area contributed by atoms with Crippen LogP contribution >= 0.6 is 32.9 Å². The Labute approximate surface area is 194 Å². The van der Waals surface area contributed by atoms with Crippen LogP contribution in [0.5, 0.6) is 0 Å². The number of nitrogens with zero attached hydrogens (tertiary/aromatic N) is 2. The molecular formula is C23H24Br2N2O3. The van der Waals surface area contributed by atoms with Gasteiger partial charge in [0.1, 0.15) is 5.76 Å². The van der Waals surface area contributed by atoms with Crippen LogP contribution < -0.4 is 5.63 Å². The Hall–Kier alpha value is -1.96. The van der Waals surface area contributed by atoms with Crippen LogP contribution in [0.15, 0.2) is 57.7 Å². The van der Waals surface area contributed by atoms with Gasteiger partial charge in [-0.1, -0.05) is 46.3 Å². The van der Waals surface area contributed by atoms with Gasteiger partial charge in [-0.05, 0) is 37.7 Å². The van der Waals surface area contributed by atoms with E-state index in [9.17, 15) is 9.59 Å². The number of rotatable bonds is 3. The average Bonchev–Trinajstić information content (AvgIpc) is 2.74. The van der Waals surface area contributed by atoms with Crippen LogP contribution in [0.4, 0.5) is 0 Å². The first-order chi connectivity index (χ1) is 14.0. The maximum Gasteiger partial charge on any atom is 0.343 e. The van der Waals surface area contributed by atoms with E-state index in [-0.39, 0.29) is 33.3 Å². The molecule has 0 aliphatic carbocycles. The van der Waals surface area contributed by atoms with Crippen molar-refractivity contribution in [3.8, 4) is 11.1 Å². The topological polar surface area (TPSA) is 53.8 Å². The van der Waals surface area contributed by atoms with Crippen LogP contribution in [0.2, 0.25) is 0 Å². The zero-order chi connectivity index (χ0) is 20.5. The van der Waals surface area contributed by atoms with E-state index in [2.05, 4.69) is 27.9 Å². The number of halogens is 2. The molecule has 0 saturated carbocycles. The van der Waals surface area contributed by atoms with Gasteiger partial charge in [0.15, 0.2) is 0 Å². The number of hydrogen-bond donors (Lipinski definition) is 0. The Morgan fingerprint density at radius 3 is 2.20 bits per heavy atom. The zero-order valence-electron chi connectivity index (χ0n) is 16.9. The Kier molecular flexibility index (Phi) is 7.16. The highest BCUT2D eigenvalue weighted by Gasteiger charge is 2.22. The van der Waals surface area contributed by atoms with Crippen molar-refractivity contribution in [1.82, 2.24) is 9.80 Å². The quantitative estimate of drug-likeness (QED) is 0.448. The van der Waals surface area contributed by atoms with Gasteiger partial charge in [-0.25, -0.2) is 4.79 Å². The molecule has 2 heterocycles. The van der Waals surface area contributed by atoms with E-state index in [4.69, 9.17) is 4.42 Å². The number of carbonyl (C=O) groups is 1. The number of piperazine rings is 1. The van der Waals surface area contributed by atoms with Crippen molar-refractivity contribution in [3.63, 3.8) is 0 Å². The second-order valence-corrected chi connectivity index (χ2v) is 8.84. The third-order valence-electron chi connectivity index (χ3n) is 5.44. The number of alkyl halides is 1. The second kappa shape index (κ2) is 9.45. The van der Waals surface area contributed by atoms with E-state index in [0.29, 0.717) is 16.7 Å². The minimum absolute atomic E-state index is 0. The third-order valence-corrected chi connectivity index (χ3v) is 5.85. The minimum Gasteiger partial charge on any atom is -0.426 e. The summed E-state index contributed by atoms with van der Waals surface area (Å²) in [7, 11) is 2.07. The molecule has 2 aromatic carbocycles. The summed E-state index contributed by atoms with van der Waals surface area (Å²) in [6, 6.07) is 15.0. The molecule has 0 radical (unpaired) electrons. The molecular weight excluding hydrogens is 512 g/mol. The molecule has 4 rings (SSSR count). The fourth-order valence-electron chi connectivity index (χ4n) is 3.77. The number of likely N-dealkylation sites (N-methyl/N-ethyl adjacent to an activating group) is 1. The summed E-state index contributed by atoms with van der Waals surface area (Å²) in [6.07, 6.45) is 0. The number of benzene rings is 2. The standard InChI is InChI=1S/C23H23BrN2O3.BrH/c1-15(24)21-20(18-5-3-4-6-19(18)23(28)29-21)16-7-9-17(10-8-16)22(27)26-13-11-25(2)12-14-26;/h3-10,15H,11-14H2,1-2H3;1H. The van der Waals surface area contributed by atoms with Gasteiger partial charge in [0.2, 0.25) is 0 Å². The Morgan fingerprint density at radius 2 is 1.60 bits per heavy atom. The van der Waals surface area contributed by atoms with E-state index in [1.54, 1.807) is 6.07 Å². The van der Waals surface area contributed by atoms with Crippen LogP contribution in [0.3, 0.4) is 0 Å². The molecule has 0 N–H and O–H groups in total. The summed E-state index contributed by atoms with van der Waals surface area (Å²) in [5, 5.41) is 1.40. The molecule has 0 spiro atoms. The van der Waals surface area contributed by atoms with Crippen molar-refractivity contribution in [3.05, 3.63) is 70.3 Å². The van der Waals surface area contributed by atoms with Gasteiger partial charge in [-0.15, -0.1) is 17.0 Å². The van der Waals surface area contributed by atoms with E-state index in [1.807, 2.05) is 54.3 Å². The monoisotopic (exact) mass is 534 g/mol. The molecule has 1 aliphatic heterocycles. The molecule has 0 bridgehead atoms. The van der Waals surface area contributed by atoms with E-state index in [1.165, 1.54) is 0 Å². The second-order valence-electron chi connectivity index (χ2n) is 7.46. The number of amides is 1. The SMILES string of the molecule is Br.CC(Br)c1oc(=O)c2ccccc2c1-c1ccc(C(=O)N2CCN(C)CC2)cc1. The van der Waals surface area contributed by atoms with Crippen LogP contribution in [0.25, 0.3) is 21.9 Å². The summed E-state index contributed by atoms with van der Waals surface area (Å²) in [6.45, 7) is 5.21. The molecule has 1 aromatic heterocycles. The Morgan fingerprint density at radius 1 is 1.00 bits per heavy atom. The summed E-state index contributed by atoms with van der Waals surface area (Å²) >= 11 is 3.55. The van der Waals surface area contributed by atoms with Crippen molar-refractivity contribution < 1.29 is 9.21 Å². The molecule has 1 fully saturated rings. The molecule has 5 nitrogen and oxygen atoms in total. The highest BCUT2D eigenvalue weighted by atomic mass is 79.9. The zero-order valence-corrected chi connectivity index (χ0v) is 20.2. The lowest BCUT2D eigenvalue weighted by Crippen LogP contribution is -2.47. The smallest absolute Gasteiger partial charge is 0.343 e. The first-order valence-electron chi connectivity index (χ1n) is 9.74. The van der Waals surface area contributed by atoms with E-state index >= 15 is 0 Å². The lowest BCUT2D eigenvalue weighted by molar-refractivity contribution is 0.0664. The molecule has 158 valence electrons. The average molecular weight is 536 g/mol.